The smallest absolute Gasteiger partial charge is 0.314 e. The first-order valence-electron chi connectivity index (χ1n) is 7.22. The van der Waals surface area contributed by atoms with Gasteiger partial charge in [0.15, 0.2) is 0 Å². The summed E-state index contributed by atoms with van der Waals surface area (Å²) in [5.41, 5.74) is 7.73. The predicted octanol–water partition coefficient (Wildman–Crippen LogP) is 1.90. The molecule has 20 heavy (non-hydrogen) atoms. The van der Waals surface area contributed by atoms with Crippen LogP contribution in [0.2, 0.25) is 0 Å². The van der Waals surface area contributed by atoms with Gasteiger partial charge in [-0.25, -0.2) is 9.18 Å². The maximum atomic E-state index is 13.5. The molecular formula is C15H20FN3O. The normalized spacial score (nSPS) is 23.4. The maximum absolute atomic E-state index is 13.5. The van der Waals surface area contributed by atoms with Crippen molar-refractivity contribution in [1.82, 2.24) is 9.80 Å². The van der Waals surface area contributed by atoms with Crippen molar-refractivity contribution in [2.75, 3.05) is 26.2 Å². The van der Waals surface area contributed by atoms with Crippen LogP contribution in [-0.4, -0.2) is 42.0 Å². The van der Waals surface area contributed by atoms with Crippen LogP contribution >= 0.6 is 0 Å². The standard InChI is InChI=1S/C15H20FN3O/c16-12-4-2-11-3-5-14(13(11)10-12)18-6-1-7-19(9-8-18)15(17)20/h2,4,10,14H,1,3,5-9H2,(H2,17,20). The number of primary amides is 1. The number of amides is 2. The molecule has 0 radical (unpaired) electrons. The number of carbonyl (C=O) groups is 1. The highest BCUT2D eigenvalue weighted by atomic mass is 19.1. The maximum Gasteiger partial charge on any atom is 0.314 e. The molecule has 2 N–H and O–H groups in total. The Hall–Kier alpha value is -1.62. The zero-order valence-electron chi connectivity index (χ0n) is 11.5. The molecule has 0 saturated carbocycles. The summed E-state index contributed by atoms with van der Waals surface area (Å²) in [5.74, 6) is -0.163. The first kappa shape index (κ1) is 13.4. The van der Waals surface area contributed by atoms with Gasteiger partial charge in [-0.15, -0.1) is 0 Å². The largest absolute Gasteiger partial charge is 0.351 e. The number of benzene rings is 1. The fourth-order valence-electron chi connectivity index (χ4n) is 3.40. The average molecular weight is 277 g/mol. The Labute approximate surface area is 118 Å². The Morgan fingerprint density at radius 1 is 1.25 bits per heavy atom. The highest BCUT2D eigenvalue weighted by Gasteiger charge is 2.29. The minimum absolute atomic E-state index is 0.163. The summed E-state index contributed by atoms with van der Waals surface area (Å²) >= 11 is 0. The lowest BCUT2D eigenvalue weighted by Crippen LogP contribution is -2.39. The Morgan fingerprint density at radius 3 is 2.90 bits per heavy atom. The number of urea groups is 1. The molecule has 1 atom stereocenters. The molecule has 1 aromatic carbocycles. The molecule has 0 bridgehead atoms. The SMILES string of the molecule is NC(=O)N1CCCN(C2CCc3ccc(F)cc32)CC1. The van der Waals surface area contributed by atoms with E-state index < -0.39 is 0 Å². The summed E-state index contributed by atoms with van der Waals surface area (Å²) in [7, 11) is 0. The fourth-order valence-corrected chi connectivity index (χ4v) is 3.40. The molecule has 1 heterocycles. The van der Waals surface area contributed by atoms with E-state index >= 15 is 0 Å². The molecular weight excluding hydrogens is 257 g/mol. The summed E-state index contributed by atoms with van der Waals surface area (Å²) in [5, 5.41) is 0. The number of halogens is 1. The van der Waals surface area contributed by atoms with Crippen LogP contribution in [-0.2, 0) is 6.42 Å². The van der Waals surface area contributed by atoms with Crippen LogP contribution in [0.1, 0.15) is 30.0 Å². The Bertz CT molecular complexity index is 520. The van der Waals surface area contributed by atoms with Crippen molar-refractivity contribution >= 4 is 6.03 Å². The number of hydrogen-bond donors (Lipinski definition) is 1. The third-order valence-corrected chi connectivity index (χ3v) is 4.44. The average Bonchev–Trinajstić information content (AvgIpc) is 2.67. The number of carbonyl (C=O) groups excluding carboxylic acids is 1. The zero-order valence-corrected chi connectivity index (χ0v) is 11.5. The highest BCUT2D eigenvalue weighted by Crippen LogP contribution is 2.36. The van der Waals surface area contributed by atoms with E-state index in [2.05, 4.69) is 4.90 Å². The lowest BCUT2D eigenvalue weighted by molar-refractivity contribution is 0.192. The highest BCUT2D eigenvalue weighted by molar-refractivity contribution is 5.71. The van der Waals surface area contributed by atoms with Gasteiger partial charge in [-0.1, -0.05) is 6.07 Å². The second-order valence-electron chi connectivity index (χ2n) is 5.61. The van der Waals surface area contributed by atoms with Gasteiger partial charge in [0, 0.05) is 32.2 Å². The van der Waals surface area contributed by atoms with Gasteiger partial charge in [0.1, 0.15) is 5.82 Å². The summed E-state index contributed by atoms with van der Waals surface area (Å²) in [6, 6.07) is 5.05. The molecule has 1 saturated heterocycles. The van der Waals surface area contributed by atoms with Gasteiger partial charge in [-0.2, -0.15) is 0 Å². The fraction of sp³-hybridized carbons (Fsp3) is 0.533. The summed E-state index contributed by atoms with van der Waals surface area (Å²) < 4.78 is 13.5. The second-order valence-corrected chi connectivity index (χ2v) is 5.61. The van der Waals surface area contributed by atoms with E-state index in [-0.39, 0.29) is 17.9 Å². The zero-order chi connectivity index (χ0) is 14.1. The summed E-state index contributed by atoms with van der Waals surface area (Å²) in [6.45, 7) is 3.12. The third-order valence-electron chi connectivity index (χ3n) is 4.44. The second kappa shape index (κ2) is 5.40. The summed E-state index contributed by atoms with van der Waals surface area (Å²) in [6.07, 6.45) is 2.97. The molecule has 1 aliphatic carbocycles. The number of nitrogens with two attached hydrogens (primary N) is 1. The quantitative estimate of drug-likeness (QED) is 0.852. The van der Waals surface area contributed by atoms with Gasteiger partial charge >= 0.3 is 6.03 Å². The molecule has 1 unspecified atom stereocenters. The molecule has 1 fully saturated rings. The van der Waals surface area contributed by atoms with Crippen LogP contribution in [0, 0.1) is 5.82 Å². The molecule has 5 heteroatoms. The number of rotatable bonds is 1. The van der Waals surface area contributed by atoms with Crippen molar-refractivity contribution in [2.45, 2.75) is 25.3 Å². The Morgan fingerprint density at radius 2 is 2.10 bits per heavy atom. The molecule has 4 nitrogen and oxygen atoms in total. The molecule has 2 aliphatic rings. The predicted molar refractivity (Wildman–Crippen MR) is 74.8 cm³/mol. The van der Waals surface area contributed by atoms with Gasteiger partial charge < -0.3 is 10.6 Å². The molecule has 1 aromatic rings. The van der Waals surface area contributed by atoms with E-state index in [9.17, 15) is 9.18 Å². The molecule has 2 amide bonds. The lowest BCUT2D eigenvalue weighted by Gasteiger charge is -2.28. The van der Waals surface area contributed by atoms with Crippen LogP contribution in [0.5, 0.6) is 0 Å². The van der Waals surface area contributed by atoms with Crippen molar-refractivity contribution in [1.29, 1.82) is 0 Å². The van der Waals surface area contributed by atoms with E-state index in [1.54, 1.807) is 17.0 Å². The molecule has 0 aromatic heterocycles. The van der Waals surface area contributed by atoms with Crippen molar-refractivity contribution < 1.29 is 9.18 Å². The lowest BCUT2D eigenvalue weighted by atomic mass is 10.1. The minimum atomic E-state index is -0.343. The van der Waals surface area contributed by atoms with Crippen molar-refractivity contribution in [2.24, 2.45) is 5.73 Å². The van der Waals surface area contributed by atoms with Gasteiger partial charge in [0.25, 0.3) is 0 Å². The van der Waals surface area contributed by atoms with E-state index in [0.29, 0.717) is 13.1 Å². The van der Waals surface area contributed by atoms with E-state index in [4.69, 9.17) is 5.73 Å². The van der Waals surface area contributed by atoms with Crippen LogP contribution in [0.3, 0.4) is 0 Å². The first-order valence-corrected chi connectivity index (χ1v) is 7.22. The monoisotopic (exact) mass is 277 g/mol. The van der Waals surface area contributed by atoms with Crippen LogP contribution in [0.4, 0.5) is 9.18 Å². The Kier molecular flexibility index (Phi) is 3.61. The number of nitrogens with zero attached hydrogens (tertiary/aromatic N) is 2. The summed E-state index contributed by atoms with van der Waals surface area (Å²) in [4.78, 5) is 15.3. The van der Waals surface area contributed by atoms with E-state index in [1.807, 2.05) is 6.07 Å². The van der Waals surface area contributed by atoms with Crippen molar-refractivity contribution in [3.05, 3.63) is 35.1 Å². The number of hydrogen-bond acceptors (Lipinski definition) is 2. The number of aryl methyl sites for hydroxylation is 1. The molecule has 0 spiro atoms. The Balaban J connectivity index is 1.75. The van der Waals surface area contributed by atoms with E-state index in [1.165, 1.54) is 5.56 Å². The number of fused-ring (bicyclic) bond motifs is 1. The first-order chi connectivity index (χ1) is 9.65. The van der Waals surface area contributed by atoms with Gasteiger partial charge in [0.2, 0.25) is 0 Å². The van der Waals surface area contributed by atoms with Gasteiger partial charge in [0.05, 0.1) is 0 Å². The van der Waals surface area contributed by atoms with E-state index in [0.717, 1.165) is 37.9 Å². The molecule has 1 aliphatic heterocycles. The van der Waals surface area contributed by atoms with Crippen molar-refractivity contribution in [3.63, 3.8) is 0 Å². The van der Waals surface area contributed by atoms with Crippen LogP contribution in [0.25, 0.3) is 0 Å². The minimum Gasteiger partial charge on any atom is -0.351 e. The van der Waals surface area contributed by atoms with Crippen molar-refractivity contribution in [3.8, 4) is 0 Å². The van der Waals surface area contributed by atoms with Crippen LogP contribution in [0.15, 0.2) is 18.2 Å². The van der Waals surface area contributed by atoms with Gasteiger partial charge in [-0.3, -0.25) is 4.90 Å². The molecule has 108 valence electrons. The third kappa shape index (κ3) is 2.50. The molecule has 3 rings (SSSR count). The topological polar surface area (TPSA) is 49.6 Å². The van der Waals surface area contributed by atoms with Crippen LogP contribution < -0.4 is 5.73 Å². The van der Waals surface area contributed by atoms with Gasteiger partial charge in [-0.05, 0) is 42.5 Å².